The van der Waals surface area contributed by atoms with Crippen LogP contribution in [0.15, 0.2) is 17.0 Å². The van der Waals surface area contributed by atoms with Crippen LogP contribution in [0.2, 0.25) is 0 Å². The number of methoxy groups -OCH3 is 1. The van der Waals surface area contributed by atoms with E-state index in [1.54, 1.807) is 7.11 Å². The van der Waals surface area contributed by atoms with E-state index in [0.29, 0.717) is 12.5 Å². The van der Waals surface area contributed by atoms with Gasteiger partial charge in [-0.25, -0.2) is 9.97 Å². The van der Waals surface area contributed by atoms with Crippen molar-refractivity contribution in [2.45, 2.75) is 6.73 Å². The zero-order chi connectivity index (χ0) is 10.1. The normalized spacial score (nSPS) is 11.0. The lowest BCUT2D eigenvalue weighted by atomic mass is 10.4. The predicted octanol–water partition coefficient (Wildman–Crippen LogP) is 1.38. The standard InChI is InChI=1S/C8H9BrN4O/c1-14-4-13-2-5(9)6-7(10)11-3-12-8(6)13/h2-3H,4H2,1H3,(H2,10,11,12). The number of aromatic nitrogens is 3. The molecule has 0 aliphatic rings. The number of nitrogens with two attached hydrogens (primary N) is 1. The minimum Gasteiger partial charge on any atom is -0.383 e. The van der Waals surface area contributed by atoms with Crippen LogP contribution in [0.25, 0.3) is 11.0 Å². The highest BCUT2D eigenvalue weighted by molar-refractivity contribution is 9.10. The first-order valence-electron chi connectivity index (χ1n) is 3.97. The highest BCUT2D eigenvalue weighted by Gasteiger charge is 2.10. The molecule has 2 N–H and O–H groups in total. The number of halogens is 1. The topological polar surface area (TPSA) is 66.0 Å². The van der Waals surface area contributed by atoms with Crippen molar-refractivity contribution in [1.82, 2.24) is 14.5 Å². The summed E-state index contributed by atoms with van der Waals surface area (Å²) in [7, 11) is 1.63. The van der Waals surface area contributed by atoms with E-state index < -0.39 is 0 Å². The Kier molecular flexibility index (Phi) is 2.39. The maximum atomic E-state index is 5.73. The van der Waals surface area contributed by atoms with E-state index in [0.717, 1.165) is 15.5 Å². The number of fused-ring (bicyclic) bond motifs is 1. The van der Waals surface area contributed by atoms with E-state index in [2.05, 4.69) is 25.9 Å². The Balaban J connectivity index is 2.71. The molecule has 2 rings (SSSR count). The number of hydrogen-bond acceptors (Lipinski definition) is 4. The molecule has 0 radical (unpaired) electrons. The fraction of sp³-hybridized carbons (Fsp3) is 0.250. The number of anilines is 1. The fourth-order valence-corrected chi connectivity index (χ4v) is 1.96. The van der Waals surface area contributed by atoms with Gasteiger partial charge in [0.25, 0.3) is 0 Å². The van der Waals surface area contributed by atoms with Crippen LogP contribution >= 0.6 is 15.9 Å². The summed E-state index contributed by atoms with van der Waals surface area (Å²) < 4.78 is 7.77. The van der Waals surface area contributed by atoms with Crippen LogP contribution in [0.1, 0.15) is 0 Å². The van der Waals surface area contributed by atoms with Crippen molar-refractivity contribution in [3.05, 3.63) is 17.0 Å². The van der Waals surface area contributed by atoms with E-state index in [4.69, 9.17) is 10.5 Å². The van der Waals surface area contributed by atoms with Gasteiger partial charge in [0, 0.05) is 17.8 Å². The molecule has 14 heavy (non-hydrogen) atoms. The van der Waals surface area contributed by atoms with Gasteiger partial charge in [0.2, 0.25) is 0 Å². The summed E-state index contributed by atoms with van der Waals surface area (Å²) in [5.41, 5.74) is 6.50. The molecule has 6 heteroatoms. The Bertz CT molecular complexity index is 468. The fourth-order valence-electron chi connectivity index (χ4n) is 1.34. The first kappa shape index (κ1) is 9.42. The monoisotopic (exact) mass is 256 g/mol. The summed E-state index contributed by atoms with van der Waals surface area (Å²) in [5, 5.41) is 0.824. The lowest BCUT2D eigenvalue weighted by molar-refractivity contribution is 0.134. The first-order chi connectivity index (χ1) is 6.74. The SMILES string of the molecule is COCn1cc(Br)c2c(N)ncnc21. The molecule has 2 aromatic heterocycles. The number of nitrogens with zero attached hydrogens (tertiary/aromatic N) is 3. The Morgan fingerprint density at radius 1 is 1.57 bits per heavy atom. The molecule has 2 heterocycles. The largest absolute Gasteiger partial charge is 0.383 e. The van der Waals surface area contributed by atoms with Crippen molar-refractivity contribution in [1.29, 1.82) is 0 Å². The van der Waals surface area contributed by atoms with Gasteiger partial charge in [-0.15, -0.1) is 0 Å². The molecule has 0 saturated heterocycles. The lowest BCUT2D eigenvalue weighted by Crippen LogP contribution is -2.00. The Morgan fingerprint density at radius 3 is 3.07 bits per heavy atom. The smallest absolute Gasteiger partial charge is 0.148 e. The molecular formula is C8H9BrN4O. The van der Waals surface area contributed by atoms with Gasteiger partial charge in [-0.2, -0.15) is 0 Å². The van der Waals surface area contributed by atoms with Crippen molar-refractivity contribution >= 4 is 32.8 Å². The molecular weight excluding hydrogens is 248 g/mol. The molecule has 0 saturated carbocycles. The maximum absolute atomic E-state index is 5.73. The second kappa shape index (κ2) is 3.55. The molecule has 0 aliphatic heterocycles. The Morgan fingerprint density at radius 2 is 2.36 bits per heavy atom. The molecule has 0 amide bonds. The number of hydrogen-bond donors (Lipinski definition) is 1. The van der Waals surface area contributed by atoms with Crippen LogP contribution in [-0.2, 0) is 11.5 Å². The van der Waals surface area contributed by atoms with Gasteiger partial charge in [-0.1, -0.05) is 0 Å². The van der Waals surface area contributed by atoms with Crippen molar-refractivity contribution < 1.29 is 4.74 Å². The van der Waals surface area contributed by atoms with Gasteiger partial charge >= 0.3 is 0 Å². The van der Waals surface area contributed by atoms with E-state index in [-0.39, 0.29) is 0 Å². The molecule has 0 spiro atoms. The van der Waals surface area contributed by atoms with Crippen LogP contribution in [0.4, 0.5) is 5.82 Å². The van der Waals surface area contributed by atoms with E-state index in [9.17, 15) is 0 Å². The second-order valence-electron chi connectivity index (χ2n) is 2.82. The molecule has 0 atom stereocenters. The summed E-state index contributed by atoms with van der Waals surface area (Å²) in [6.45, 7) is 0.443. The first-order valence-corrected chi connectivity index (χ1v) is 4.77. The van der Waals surface area contributed by atoms with Gasteiger partial charge < -0.3 is 15.0 Å². The summed E-state index contributed by atoms with van der Waals surface area (Å²) in [5.74, 6) is 0.469. The zero-order valence-corrected chi connectivity index (χ0v) is 9.15. The van der Waals surface area contributed by atoms with Crippen molar-refractivity contribution in [2.75, 3.05) is 12.8 Å². The van der Waals surface area contributed by atoms with Crippen molar-refractivity contribution in [2.24, 2.45) is 0 Å². The lowest BCUT2D eigenvalue weighted by Gasteiger charge is -2.01. The molecule has 2 aromatic rings. The quantitative estimate of drug-likeness (QED) is 0.882. The van der Waals surface area contributed by atoms with Gasteiger partial charge in [-0.3, -0.25) is 0 Å². The van der Waals surface area contributed by atoms with Crippen LogP contribution in [0, 0.1) is 0 Å². The van der Waals surface area contributed by atoms with Crippen LogP contribution in [0.5, 0.6) is 0 Å². The van der Waals surface area contributed by atoms with Gasteiger partial charge in [0.1, 0.15) is 24.5 Å². The van der Waals surface area contributed by atoms with Crippen molar-refractivity contribution in [3.63, 3.8) is 0 Å². The molecule has 0 bridgehead atoms. The third-order valence-electron chi connectivity index (χ3n) is 1.90. The number of ether oxygens (including phenoxy) is 1. The predicted molar refractivity (Wildman–Crippen MR) is 56.6 cm³/mol. The van der Waals surface area contributed by atoms with Gasteiger partial charge in [0.15, 0.2) is 0 Å². The summed E-state index contributed by atoms with van der Waals surface area (Å²) in [6.07, 6.45) is 3.31. The molecule has 0 fully saturated rings. The molecule has 0 aromatic carbocycles. The highest BCUT2D eigenvalue weighted by Crippen LogP contribution is 2.27. The molecule has 0 unspecified atom stereocenters. The van der Waals surface area contributed by atoms with Crippen LogP contribution in [0.3, 0.4) is 0 Å². The Hall–Kier alpha value is -1.14. The summed E-state index contributed by atoms with van der Waals surface area (Å²) >= 11 is 3.40. The van der Waals surface area contributed by atoms with E-state index in [1.165, 1.54) is 6.33 Å². The number of nitrogen functional groups attached to an aromatic ring is 1. The minimum atomic E-state index is 0.443. The van der Waals surface area contributed by atoms with E-state index in [1.807, 2.05) is 10.8 Å². The summed E-state index contributed by atoms with van der Waals surface area (Å²) in [4.78, 5) is 8.07. The van der Waals surface area contributed by atoms with Crippen LogP contribution in [-0.4, -0.2) is 21.6 Å². The maximum Gasteiger partial charge on any atom is 0.148 e. The number of rotatable bonds is 2. The zero-order valence-electron chi connectivity index (χ0n) is 7.57. The van der Waals surface area contributed by atoms with Crippen LogP contribution < -0.4 is 5.73 Å². The average Bonchev–Trinajstić information content (AvgIpc) is 2.46. The van der Waals surface area contributed by atoms with Crippen molar-refractivity contribution in [3.8, 4) is 0 Å². The Labute approximate surface area is 89.0 Å². The summed E-state index contributed by atoms with van der Waals surface area (Å²) in [6, 6.07) is 0. The molecule has 0 aliphatic carbocycles. The third-order valence-corrected chi connectivity index (χ3v) is 2.51. The third kappa shape index (κ3) is 1.36. The second-order valence-corrected chi connectivity index (χ2v) is 3.68. The van der Waals surface area contributed by atoms with Gasteiger partial charge in [-0.05, 0) is 15.9 Å². The minimum absolute atomic E-state index is 0.443. The average molecular weight is 257 g/mol. The van der Waals surface area contributed by atoms with Gasteiger partial charge in [0.05, 0.1) is 5.39 Å². The molecule has 5 nitrogen and oxygen atoms in total. The van der Waals surface area contributed by atoms with E-state index >= 15 is 0 Å². The molecule has 74 valence electrons. The highest BCUT2D eigenvalue weighted by atomic mass is 79.9.